The number of halogens is 4. The van der Waals surface area contributed by atoms with Crippen LogP contribution in [0.3, 0.4) is 0 Å². The maximum Gasteiger partial charge on any atom is 0.573 e. The van der Waals surface area contributed by atoms with E-state index in [1.807, 2.05) is 0 Å². The van der Waals surface area contributed by atoms with Gasteiger partial charge in [0.1, 0.15) is 11.6 Å². The molecule has 0 fully saturated rings. The van der Waals surface area contributed by atoms with E-state index in [1.165, 1.54) is 42.5 Å². The second-order valence-electron chi connectivity index (χ2n) is 5.85. The number of hydrazone groups is 1. The van der Waals surface area contributed by atoms with Crippen LogP contribution in [0.25, 0.3) is 0 Å². The number of carbonyl (C=O) groups excluding carboxylic acids is 1. The Morgan fingerprint density at radius 1 is 1.15 bits per heavy atom. The third-order valence-corrected chi connectivity index (χ3v) is 3.82. The lowest BCUT2D eigenvalue weighted by Crippen LogP contribution is -2.37. The Kier molecular flexibility index (Phi) is 4.67. The minimum Gasteiger partial charge on any atom is -0.406 e. The maximum absolute atomic E-state index is 13.5. The summed E-state index contributed by atoms with van der Waals surface area (Å²) in [6, 6.07) is 10.7. The van der Waals surface area contributed by atoms with Gasteiger partial charge in [-0.15, -0.1) is 13.2 Å². The third-order valence-electron chi connectivity index (χ3n) is 3.82. The van der Waals surface area contributed by atoms with E-state index in [2.05, 4.69) is 9.84 Å². The molecular weight excluding hydrogens is 352 g/mol. The van der Waals surface area contributed by atoms with Crippen molar-refractivity contribution < 1.29 is 27.1 Å². The fraction of sp³-hybridized carbons (Fsp3) is 0.222. The first-order valence-corrected chi connectivity index (χ1v) is 7.76. The molecule has 1 amide bonds. The minimum absolute atomic E-state index is 0.281. The van der Waals surface area contributed by atoms with Crippen LogP contribution in [0, 0.1) is 11.7 Å². The predicted molar refractivity (Wildman–Crippen MR) is 87.3 cm³/mol. The molecule has 1 heterocycles. The Labute approximate surface area is 146 Å². The normalized spacial score (nSPS) is 17.9. The van der Waals surface area contributed by atoms with Gasteiger partial charge in [0.05, 0.1) is 11.4 Å². The van der Waals surface area contributed by atoms with Crippen molar-refractivity contribution in [3.63, 3.8) is 0 Å². The van der Waals surface area contributed by atoms with E-state index >= 15 is 0 Å². The molecule has 0 aromatic heterocycles. The molecular formula is C18H14F4N2O2. The first-order chi connectivity index (χ1) is 12.2. The number of carbonyl (C=O) groups is 1. The number of nitrogens with zero attached hydrogens (tertiary/aromatic N) is 2. The molecule has 1 aliphatic heterocycles. The molecule has 0 aliphatic carbocycles. The van der Waals surface area contributed by atoms with Gasteiger partial charge in [-0.25, -0.2) is 9.40 Å². The van der Waals surface area contributed by atoms with Crippen molar-refractivity contribution in [2.24, 2.45) is 11.0 Å². The highest BCUT2D eigenvalue weighted by molar-refractivity contribution is 6.09. The summed E-state index contributed by atoms with van der Waals surface area (Å²) in [5.41, 5.74) is 1.36. The molecule has 0 bridgehead atoms. The topological polar surface area (TPSA) is 41.9 Å². The summed E-state index contributed by atoms with van der Waals surface area (Å²) in [6.45, 7) is 1.71. The average molecular weight is 366 g/mol. The smallest absolute Gasteiger partial charge is 0.406 e. The zero-order chi connectivity index (χ0) is 18.9. The third kappa shape index (κ3) is 4.01. The zero-order valence-corrected chi connectivity index (χ0v) is 13.6. The van der Waals surface area contributed by atoms with Crippen LogP contribution in [-0.4, -0.2) is 18.0 Å². The van der Waals surface area contributed by atoms with Crippen molar-refractivity contribution in [3.8, 4) is 5.75 Å². The Morgan fingerprint density at radius 2 is 1.85 bits per heavy atom. The van der Waals surface area contributed by atoms with Gasteiger partial charge < -0.3 is 4.74 Å². The molecule has 2 aromatic carbocycles. The van der Waals surface area contributed by atoms with E-state index in [1.54, 1.807) is 13.0 Å². The van der Waals surface area contributed by atoms with Gasteiger partial charge in [-0.2, -0.15) is 5.10 Å². The van der Waals surface area contributed by atoms with E-state index in [0.717, 1.165) is 5.01 Å². The SMILES string of the molecule is CC1CC(c2ccc(OC(F)(F)F)cc2)=NN(c2cccc(F)c2)C1=O. The summed E-state index contributed by atoms with van der Waals surface area (Å²) in [5, 5.41) is 5.39. The quantitative estimate of drug-likeness (QED) is 0.751. The summed E-state index contributed by atoms with van der Waals surface area (Å²) in [7, 11) is 0. The Bertz CT molecular complexity index is 847. The van der Waals surface area contributed by atoms with Crippen LogP contribution in [0.5, 0.6) is 5.75 Å². The highest BCUT2D eigenvalue weighted by Crippen LogP contribution is 2.28. The van der Waals surface area contributed by atoms with Crippen molar-refractivity contribution in [1.82, 2.24) is 0 Å². The highest BCUT2D eigenvalue weighted by atomic mass is 19.4. The Balaban J connectivity index is 1.91. The second-order valence-corrected chi connectivity index (χ2v) is 5.85. The fourth-order valence-electron chi connectivity index (χ4n) is 2.61. The first-order valence-electron chi connectivity index (χ1n) is 7.76. The predicted octanol–water partition coefficient (Wildman–Crippen LogP) is 4.50. The summed E-state index contributed by atoms with van der Waals surface area (Å²) in [5.74, 6) is -1.53. The number of anilines is 1. The van der Waals surface area contributed by atoms with Gasteiger partial charge in [0.25, 0.3) is 5.91 Å². The van der Waals surface area contributed by atoms with E-state index in [9.17, 15) is 22.4 Å². The molecule has 136 valence electrons. The van der Waals surface area contributed by atoms with Crippen LogP contribution < -0.4 is 9.75 Å². The number of benzene rings is 2. The van der Waals surface area contributed by atoms with Crippen molar-refractivity contribution in [2.45, 2.75) is 19.7 Å². The minimum atomic E-state index is -4.76. The van der Waals surface area contributed by atoms with Crippen LogP contribution in [0.4, 0.5) is 23.2 Å². The Morgan fingerprint density at radius 3 is 2.46 bits per heavy atom. The van der Waals surface area contributed by atoms with Gasteiger partial charge in [0, 0.05) is 12.3 Å². The largest absolute Gasteiger partial charge is 0.573 e. The number of ether oxygens (including phenoxy) is 1. The molecule has 1 atom stereocenters. The summed E-state index contributed by atoms with van der Waals surface area (Å²) < 4.78 is 54.0. The zero-order valence-electron chi connectivity index (χ0n) is 13.6. The number of alkyl halides is 3. The molecule has 8 heteroatoms. The number of hydrogen-bond acceptors (Lipinski definition) is 3. The Hall–Kier alpha value is -2.90. The molecule has 1 unspecified atom stereocenters. The first kappa shape index (κ1) is 17.9. The summed E-state index contributed by atoms with van der Waals surface area (Å²) in [6.07, 6.45) is -4.44. The molecule has 0 saturated carbocycles. The highest BCUT2D eigenvalue weighted by Gasteiger charge is 2.32. The molecule has 4 nitrogen and oxygen atoms in total. The van der Waals surface area contributed by atoms with E-state index in [0.29, 0.717) is 17.7 Å². The standard InChI is InChI=1S/C18H14F4N2O2/c1-11-9-16(12-5-7-15(8-6-12)26-18(20,21)22)23-24(17(11)25)14-4-2-3-13(19)10-14/h2-8,10-11H,9H2,1H3. The lowest BCUT2D eigenvalue weighted by molar-refractivity contribution is -0.274. The molecule has 0 N–H and O–H groups in total. The van der Waals surface area contributed by atoms with Crippen molar-refractivity contribution in [3.05, 3.63) is 59.9 Å². The lowest BCUT2D eigenvalue weighted by atomic mass is 9.96. The van der Waals surface area contributed by atoms with Crippen LogP contribution in [0.1, 0.15) is 18.9 Å². The number of hydrogen-bond donors (Lipinski definition) is 0. The van der Waals surface area contributed by atoms with Crippen LogP contribution in [0.15, 0.2) is 53.6 Å². The van der Waals surface area contributed by atoms with E-state index in [4.69, 9.17) is 0 Å². The summed E-state index contributed by atoms with van der Waals surface area (Å²) >= 11 is 0. The van der Waals surface area contributed by atoms with Crippen molar-refractivity contribution in [2.75, 3.05) is 5.01 Å². The van der Waals surface area contributed by atoms with Crippen molar-refractivity contribution in [1.29, 1.82) is 0 Å². The summed E-state index contributed by atoms with van der Waals surface area (Å²) in [4.78, 5) is 12.4. The average Bonchev–Trinajstić information content (AvgIpc) is 2.56. The van der Waals surface area contributed by atoms with Gasteiger partial charge >= 0.3 is 6.36 Å². The van der Waals surface area contributed by atoms with Gasteiger partial charge in [0.15, 0.2) is 0 Å². The molecule has 3 rings (SSSR count). The monoisotopic (exact) mass is 366 g/mol. The van der Waals surface area contributed by atoms with Gasteiger partial charge in [-0.05, 0) is 48.0 Å². The maximum atomic E-state index is 13.5. The second kappa shape index (κ2) is 6.78. The van der Waals surface area contributed by atoms with Gasteiger partial charge in [0.2, 0.25) is 0 Å². The van der Waals surface area contributed by atoms with Crippen LogP contribution >= 0.6 is 0 Å². The van der Waals surface area contributed by atoms with Gasteiger partial charge in [-0.1, -0.05) is 13.0 Å². The molecule has 0 radical (unpaired) electrons. The van der Waals surface area contributed by atoms with Crippen LogP contribution in [-0.2, 0) is 4.79 Å². The molecule has 0 spiro atoms. The van der Waals surface area contributed by atoms with Crippen LogP contribution in [0.2, 0.25) is 0 Å². The molecule has 0 saturated heterocycles. The lowest BCUT2D eigenvalue weighted by Gasteiger charge is -2.27. The molecule has 2 aromatic rings. The van der Waals surface area contributed by atoms with E-state index in [-0.39, 0.29) is 17.3 Å². The van der Waals surface area contributed by atoms with Crippen molar-refractivity contribution >= 4 is 17.3 Å². The fourth-order valence-corrected chi connectivity index (χ4v) is 2.61. The number of rotatable bonds is 3. The number of amides is 1. The molecule has 26 heavy (non-hydrogen) atoms. The molecule has 1 aliphatic rings. The van der Waals surface area contributed by atoms with Gasteiger partial charge in [-0.3, -0.25) is 4.79 Å². The van der Waals surface area contributed by atoms with E-state index < -0.39 is 18.1 Å².